The summed E-state index contributed by atoms with van der Waals surface area (Å²) in [6.45, 7) is 1.25. The monoisotopic (exact) mass is 665 g/mol. The first kappa shape index (κ1) is 29.2. The molecule has 4 aromatic heterocycles. The topological polar surface area (TPSA) is 137 Å². The van der Waals surface area contributed by atoms with Crippen molar-refractivity contribution in [3.05, 3.63) is 137 Å². The molecule has 0 unspecified atom stereocenters. The van der Waals surface area contributed by atoms with E-state index in [1.54, 1.807) is 0 Å². The van der Waals surface area contributed by atoms with Crippen LogP contribution in [0.15, 0.2) is 122 Å². The van der Waals surface area contributed by atoms with Crippen molar-refractivity contribution in [1.82, 2.24) is 39.1 Å². The van der Waals surface area contributed by atoms with Crippen molar-refractivity contribution in [2.24, 2.45) is 0 Å². The quantitative estimate of drug-likeness (QED) is 0.137. The molecule has 4 aromatic carbocycles. The van der Waals surface area contributed by atoms with Crippen molar-refractivity contribution in [3.63, 3.8) is 0 Å². The summed E-state index contributed by atoms with van der Waals surface area (Å²) in [6, 6.07) is 32.8. The van der Waals surface area contributed by atoms with Crippen LogP contribution in [0.2, 0.25) is 0 Å². The van der Waals surface area contributed by atoms with E-state index < -0.39 is 5.09 Å². The fraction of sp³-hybridized carbons (Fsp3) is 0.0667. The molecule has 12 nitrogen and oxygen atoms in total. The third kappa shape index (κ3) is 6.46. The summed E-state index contributed by atoms with van der Waals surface area (Å²) >= 11 is 0. The minimum atomic E-state index is -1.75. The van der Waals surface area contributed by atoms with Crippen LogP contribution in [0.5, 0.6) is 0 Å². The van der Waals surface area contributed by atoms with Crippen molar-refractivity contribution >= 4 is 43.6 Å². The molecular weight excluding hydrogens is 642 g/mol. The third-order valence-electron chi connectivity index (χ3n) is 6.74. The van der Waals surface area contributed by atoms with Crippen LogP contribution in [-0.4, -0.2) is 44.2 Å². The summed E-state index contributed by atoms with van der Waals surface area (Å²) in [5.74, 6) is 0. The Morgan fingerprint density at radius 2 is 0.674 bits per heavy atom. The predicted molar refractivity (Wildman–Crippen MR) is 160 cm³/mol. The predicted octanol–water partition coefficient (Wildman–Crippen LogP) is 5.54. The number of fused-ring (bicyclic) bond motifs is 4. The van der Waals surface area contributed by atoms with Gasteiger partial charge in [0.05, 0.1) is 51.9 Å². The molecule has 13 heteroatoms. The van der Waals surface area contributed by atoms with Gasteiger partial charge in [-0.3, -0.25) is 0 Å². The molecule has 0 aliphatic carbocycles. The zero-order chi connectivity index (χ0) is 28.9. The van der Waals surface area contributed by atoms with Gasteiger partial charge in [-0.25, -0.2) is 18.7 Å². The summed E-state index contributed by atoms with van der Waals surface area (Å²) in [6.07, 6.45) is 7.56. The molecule has 0 spiro atoms. The maximum atomic E-state index is 8.25. The number of benzene rings is 4. The molecule has 43 heavy (non-hydrogen) atoms. The Morgan fingerprint density at radius 3 is 0.907 bits per heavy atom. The summed E-state index contributed by atoms with van der Waals surface area (Å²) < 4.78 is 7.87. The smallest absolute Gasteiger partial charge is 0.356 e. The number of nitrogens with zero attached hydrogens (tertiary/aromatic N) is 9. The SMILES string of the molecule is O=[N+]([O-])[O-].[Ag+].c1ccc2c(c1)cnn2Cn1ncc2ccccc21.c1ccc2c(c1)cnn2Cn1ncc2ccccc21. The molecule has 0 N–H and O–H groups in total. The molecule has 8 rings (SSSR count). The average Bonchev–Trinajstić information content (AvgIpc) is 3.80. The molecule has 0 saturated carbocycles. The van der Waals surface area contributed by atoms with Crippen molar-refractivity contribution < 1.29 is 27.5 Å². The molecule has 0 amide bonds. The molecule has 0 fully saturated rings. The van der Waals surface area contributed by atoms with Gasteiger partial charge in [0, 0.05) is 21.5 Å². The van der Waals surface area contributed by atoms with E-state index in [9.17, 15) is 0 Å². The molecular formula is C30H24AgN9O3. The van der Waals surface area contributed by atoms with Gasteiger partial charge in [-0.2, -0.15) is 20.4 Å². The second-order valence-corrected chi connectivity index (χ2v) is 9.32. The van der Waals surface area contributed by atoms with E-state index in [0.717, 1.165) is 43.6 Å². The molecule has 0 saturated heterocycles. The van der Waals surface area contributed by atoms with Crippen molar-refractivity contribution in [2.75, 3.05) is 0 Å². The fourth-order valence-corrected chi connectivity index (χ4v) is 4.81. The second kappa shape index (κ2) is 13.1. The number of hydrogen-bond donors (Lipinski definition) is 0. The van der Waals surface area contributed by atoms with Crippen LogP contribution in [0.25, 0.3) is 43.6 Å². The molecule has 0 aliphatic rings. The number of hydrogen-bond acceptors (Lipinski definition) is 7. The summed E-state index contributed by atoms with van der Waals surface area (Å²) in [5.41, 5.74) is 4.51. The first-order valence-electron chi connectivity index (χ1n) is 13.0. The van der Waals surface area contributed by atoms with Gasteiger partial charge in [0.2, 0.25) is 0 Å². The van der Waals surface area contributed by atoms with E-state index >= 15 is 0 Å². The fourth-order valence-electron chi connectivity index (χ4n) is 4.81. The molecule has 0 atom stereocenters. The van der Waals surface area contributed by atoms with Gasteiger partial charge in [-0.05, 0) is 24.3 Å². The van der Waals surface area contributed by atoms with Gasteiger partial charge >= 0.3 is 22.4 Å². The molecule has 8 aromatic rings. The van der Waals surface area contributed by atoms with E-state index in [-0.39, 0.29) is 22.4 Å². The number of aromatic nitrogens is 8. The van der Waals surface area contributed by atoms with Crippen LogP contribution in [-0.2, 0) is 35.7 Å². The number of para-hydroxylation sites is 4. The minimum absolute atomic E-state index is 0. The Morgan fingerprint density at radius 1 is 0.465 bits per heavy atom. The van der Waals surface area contributed by atoms with Crippen LogP contribution in [0, 0.1) is 15.3 Å². The average molecular weight is 666 g/mol. The first-order chi connectivity index (χ1) is 20.6. The van der Waals surface area contributed by atoms with E-state index in [2.05, 4.69) is 68.9 Å². The van der Waals surface area contributed by atoms with E-state index in [4.69, 9.17) is 15.3 Å². The molecule has 4 heterocycles. The molecule has 0 bridgehead atoms. The van der Waals surface area contributed by atoms with Crippen LogP contribution < -0.4 is 0 Å². The normalized spacial score (nSPS) is 10.6. The number of rotatable bonds is 4. The van der Waals surface area contributed by atoms with Crippen LogP contribution in [0.4, 0.5) is 0 Å². The van der Waals surface area contributed by atoms with Gasteiger partial charge in [0.1, 0.15) is 13.3 Å². The standard InChI is InChI=1S/2C15H12N4.Ag.NO3/c2*1-3-7-14-12(5-1)9-16-18(14)11-19-15-8-4-2-6-13(15)10-17-19;;2-1(3)4/h2*1-10H,11H2;;/q;;+1;-1. The van der Waals surface area contributed by atoms with Gasteiger partial charge < -0.3 is 15.3 Å². The Kier molecular flexibility index (Phi) is 8.91. The van der Waals surface area contributed by atoms with Gasteiger partial charge in [-0.15, -0.1) is 0 Å². The zero-order valence-electron chi connectivity index (χ0n) is 22.5. The molecule has 0 radical (unpaired) electrons. The zero-order valence-corrected chi connectivity index (χ0v) is 24.0. The van der Waals surface area contributed by atoms with Gasteiger partial charge in [-0.1, -0.05) is 72.8 Å². The summed E-state index contributed by atoms with van der Waals surface area (Å²) in [4.78, 5) is 8.25. The van der Waals surface area contributed by atoms with Crippen LogP contribution in [0.3, 0.4) is 0 Å². The van der Waals surface area contributed by atoms with Gasteiger partial charge in [0.25, 0.3) is 0 Å². The second-order valence-electron chi connectivity index (χ2n) is 9.32. The van der Waals surface area contributed by atoms with Crippen molar-refractivity contribution in [2.45, 2.75) is 13.3 Å². The van der Waals surface area contributed by atoms with Crippen molar-refractivity contribution in [3.8, 4) is 0 Å². The summed E-state index contributed by atoms with van der Waals surface area (Å²) in [7, 11) is 0. The maximum absolute atomic E-state index is 8.25. The van der Waals surface area contributed by atoms with E-state index in [1.165, 1.54) is 0 Å². The molecule has 218 valence electrons. The Bertz CT molecular complexity index is 1840. The van der Waals surface area contributed by atoms with E-state index in [0.29, 0.717) is 13.3 Å². The summed E-state index contributed by atoms with van der Waals surface area (Å²) in [5, 5.41) is 37.1. The van der Waals surface area contributed by atoms with Crippen molar-refractivity contribution in [1.29, 1.82) is 0 Å². The van der Waals surface area contributed by atoms with E-state index in [1.807, 2.05) is 92.0 Å². The Hall–Kier alpha value is -5.30. The first-order valence-corrected chi connectivity index (χ1v) is 13.0. The van der Waals surface area contributed by atoms with Crippen LogP contribution in [0.1, 0.15) is 0 Å². The van der Waals surface area contributed by atoms with Gasteiger partial charge in [0.15, 0.2) is 0 Å². The van der Waals surface area contributed by atoms with Crippen LogP contribution >= 0.6 is 0 Å². The third-order valence-corrected chi connectivity index (χ3v) is 6.74. The Labute approximate surface area is 260 Å². The largest absolute Gasteiger partial charge is 1.00 e. The minimum Gasteiger partial charge on any atom is -0.356 e. The maximum Gasteiger partial charge on any atom is 1.00 e. The Balaban J connectivity index is 0.000000150. The molecule has 0 aliphatic heterocycles.